The number of hydrogen-bond acceptors (Lipinski definition) is 2. The summed E-state index contributed by atoms with van der Waals surface area (Å²) in [6.07, 6.45) is 6.27. The van der Waals surface area contributed by atoms with Gasteiger partial charge in [0.25, 0.3) is 0 Å². The van der Waals surface area contributed by atoms with Crippen molar-refractivity contribution < 1.29 is 9.53 Å². The minimum atomic E-state index is -0.431. The van der Waals surface area contributed by atoms with Gasteiger partial charge >= 0.3 is 6.09 Å². The van der Waals surface area contributed by atoms with Crippen LogP contribution in [0.1, 0.15) is 56.7 Å². The lowest BCUT2D eigenvalue weighted by Gasteiger charge is -2.35. The second-order valence-corrected chi connectivity index (χ2v) is 8.25. The fraction of sp³-hybridized carbons (Fsp3) is 0.571. The highest BCUT2D eigenvalue weighted by molar-refractivity contribution is 5.70. The van der Waals surface area contributed by atoms with Crippen LogP contribution < -0.4 is 0 Å². The number of hydrogen-bond donors (Lipinski definition) is 0. The van der Waals surface area contributed by atoms with E-state index in [1.165, 1.54) is 22.3 Å². The molecule has 2 bridgehead atoms. The monoisotopic (exact) mass is 327 g/mol. The zero-order chi connectivity index (χ0) is 17.5. The van der Waals surface area contributed by atoms with Gasteiger partial charge in [0.15, 0.2) is 0 Å². The first-order chi connectivity index (χ1) is 11.2. The molecule has 0 aromatic heterocycles. The highest BCUT2D eigenvalue weighted by atomic mass is 16.6. The van der Waals surface area contributed by atoms with Crippen molar-refractivity contribution in [3.63, 3.8) is 0 Å². The minimum absolute atomic E-state index is 0.156. The molecule has 1 saturated heterocycles. The highest BCUT2D eigenvalue weighted by Gasteiger charge is 2.41. The maximum absolute atomic E-state index is 12.5. The number of ether oxygens (including phenoxy) is 1. The summed E-state index contributed by atoms with van der Waals surface area (Å²) in [4.78, 5) is 14.5. The van der Waals surface area contributed by atoms with E-state index in [1.54, 1.807) is 0 Å². The highest BCUT2D eigenvalue weighted by Crippen LogP contribution is 2.37. The summed E-state index contributed by atoms with van der Waals surface area (Å²) in [6.45, 7) is 10.2. The van der Waals surface area contributed by atoms with Gasteiger partial charge in [-0.2, -0.15) is 0 Å². The molecule has 0 N–H and O–H groups in total. The molecule has 1 amide bonds. The Kier molecular flexibility index (Phi) is 4.46. The summed E-state index contributed by atoms with van der Waals surface area (Å²) >= 11 is 0. The third-order valence-electron chi connectivity index (χ3n) is 5.21. The maximum Gasteiger partial charge on any atom is 0.411 e. The van der Waals surface area contributed by atoms with Crippen molar-refractivity contribution in [2.24, 2.45) is 0 Å². The van der Waals surface area contributed by atoms with Gasteiger partial charge in [0, 0.05) is 6.04 Å². The number of aryl methyl sites for hydroxylation is 1. The molecule has 3 rings (SSSR count). The normalized spacial score (nSPS) is 23.2. The van der Waals surface area contributed by atoms with Crippen molar-refractivity contribution in [2.45, 2.75) is 78.0 Å². The zero-order valence-electron chi connectivity index (χ0n) is 15.6. The molecule has 1 aromatic rings. The molecular formula is C21H29NO2. The zero-order valence-corrected chi connectivity index (χ0v) is 15.6. The van der Waals surface area contributed by atoms with E-state index in [4.69, 9.17) is 4.74 Å². The largest absolute Gasteiger partial charge is 0.444 e. The molecule has 2 unspecified atom stereocenters. The van der Waals surface area contributed by atoms with E-state index >= 15 is 0 Å². The summed E-state index contributed by atoms with van der Waals surface area (Å²) < 4.78 is 5.60. The van der Waals surface area contributed by atoms with Crippen LogP contribution in [0.3, 0.4) is 0 Å². The van der Waals surface area contributed by atoms with E-state index in [1.807, 2.05) is 25.7 Å². The molecule has 0 saturated carbocycles. The van der Waals surface area contributed by atoms with Gasteiger partial charge in [0.1, 0.15) is 5.60 Å². The smallest absolute Gasteiger partial charge is 0.411 e. The number of amides is 1. The summed E-state index contributed by atoms with van der Waals surface area (Å²) in [5.74, 6) is 0. The molecule has 2 heterocycles. The van der Waals surface area contributed by atoms with Crippen LogP contribution in [0.4, 0.5) is 4.79 Å². The Labute approximate surface area is 145 Å². The molecular weight excluding hydrogens is 298 g/mol. The molecule has 1 fully saturated rings. The Morgan fingerprint density at radius 3 is 2.67 bits per heavy atom. The van der Waals surface area contributed by atoms with Gasteiger partial charge in [-0.15, -0.1) is 0 Å². The van der Waals surface area contributed by atoms with Crippen LogP contribution in [0.5, 0.6) is 0 Å². The van der Waals surface area contributed by atoms with Crippen LogP contribution in [-0.4, -0.2) is 28.7 Å². The molecule has 1 aromatic carbocycles. The van der Waals surface area contributed by atoms with Gasteiger partial charge in [-0.3, -0.25) is 4.90 Å². The van der Waals surface area contributed by atoms with Crippen molar-refractivity contribution in [1.29, 1.82) is 0 Å². The lowest BCUT2D eigenvalue weighted by atomic mass is 9.92. The van der Waals surface area contributed by atoms with Gasteiger partial charge in [-0.25, -0.2) is 4.79 Å². The van der Waals surface area contributed by atoms with Crippen LogP contribution in [0.15, 0.2) is 29.8 Å². The summed E-state index contributed by atoms with van der Waals surface area (Å²) in [7, 11) is 0. The van der Waals surface area contributed by atoms with Gasteiger partial charge in [-0.1, -0.05) is 29.8 Å². The molecule has 2 atom stereocenters. The van der Waals surface area contributed by atoms with E-state index < -0.39 is 5.60 Å². The van der Waals surface area contributed by atoms with E-state index in [0.717, 1.165) is 25.7 Å². The van der Waals surface area contributed by atoms with Crippen molar-refractivity contribution in [3.8, 4) is 0 Å². The number of rotatable bonds is 2. The first-order valence-corrected chi connectivity index (χ1v) is 9.00. The molecule has 3 heteroatoms. The molecule has 0 aliphatic carbocycles. The number of fused-ring (bicyclic) bond motifs is 2. The van der Waals surface area contributed by atoms with Crippen molar-refractivity contribution in [1.82, 2.24) is 4.90 Å². The van der Waals surface area contributed by atoms with Crippen LogP contribution in [0.25, 0.3) is 0 Å². The number of carbonyl (C=O) groups is 1. The molecule has 2 aliphatic rings. The van der Waals surface area contributed by atoms with E-state index in [9.17, 15) is 4.79 Å². The summed E-state index contributed by atoms with van der Waals surface area (Å²) in [6, 6.07) is 7.05. The molecule has 0 spiro atoms. The summed E-state index contributed by atoms with van der Waals surface area (Å²) in [5, 5.41) is 0. The lowest BCUT2D eigenvalue weighted by Crippen LogP contribution is -2.45. The van der Waals surface area contributed by atoms with Crippen LogP contribution in [0.2, 0.25) is 0 Å². The number of benzene rings is 1. The predicted molar refractivity (Wildman–Crippen MR) is 97.2 cm³/mol. The second kappa shape index (κ2) is 6.27. The van der Waals surface area contributed by atoms with E-state index in [0.29, 0.717) is 6.04 Å². The first-order valence-electron chi connectivity index (χ1n) is 9.00. The molecule has 3 nitrogen and oxygen atoms in total. The first kappa shape index (κ1) is 17.1. The topological polar surface area (TPSA) is 29.5 Å². The average molecular weight is 327 g/mol. The Bertz CT molecular complexity index is 669. The Hall–Kier alpha value is -1.77. The Morgan fingerprint density at radius 2 is 2.00 bits per heavy atom. The van der Waals surface area contributed by atoms with Crippen molar-refractivity contribution in [3.05, 3.63) is 46.5 Å². The fourth-order valence-electron chi connectivity index (χ4n) is 3.90. The fourth-order valence-corrected chi connectivity index (χ4v) is 3.90. The molecule has 24 heavy (non-hydrogen) atoms. The van der Waals surface area contributed by atoms with Gasteiger partial charge in [0.2, 0.25) is 0 Å². The van der Waals surface area contributed by atoms with E-state index in [2.05, 4.69) is 38.1 Å². The van der Waals surface area contributed by atoms with Gasteiger partial charge < -0.3 is 4.74 Å². The van der Waals surface area contributed by atoms with Gasteiger partial charge in [-0.05, 0) is 77.0 Å². The number of nitrogens with zero attached hydrogens (tertiary/aromatic N) is 1. The van der Waals surface area contributed by atoms with E-state index in [-0.39, 0.29) is 12.1 Å². The van der Waals surface area contributed by atoms with Gasteiger partial charge in [0.05, 0.1) is 6.04 Å². The van der Waals surface area contributed by atoms with Crippen LogP contribution >= 0.6 is 0 Å². The number of carbonyl (C=O) groups excluding carboxylic acids is 1. The van der Waals surface area contributed by atoms with Crippen LogP contribution in [0, 0.1) is 13.8 Å². The Morgan fingerprint density at radius 1 is 1.25 bits per heavy atom. The van der Waals surface area contributed by atoms with Crippen LogP contribution in [-0.2, 0) is 11.2 Å². The molecule has 0 radical (unpaired) electrons. The Balaban J connectivity index is 1.75. The third-order valence-corrected chi connectivity index (χ3v) is 5.21. The SMILES string of the molecule is Cc1cccc(CC2=CC3CCC(C2)N3C(=O)OC(C)(C)C)c1C. The summed E-state index contributed by atoms with van der Waals surface area (Å²) in [5.41, 5.74) is 5.18. The standard InChI is InChI=1S/C21H29NO2/c1-14-7-6-8-17(15(14)2)11-16-12-18-9-10-19(13-16)22(18)20(23)24-21(3,4)5/h6-8,12,18-19H,9-11,13H2,1-5H3. The third kappa shape index (κ3) is 3.50. The quantitative estimate of drug-likeness (QED) is 0.720. The minimum Gasteiger partial charge on any atom is -0.444 e. The predicted octanol–water partition coefficient (Wildman–Crippen LogP) is 4.94. The second-order valence-electron chi connectivity index (χ2n) is 8.25. The molecule has 130 valence electrons. The van der Waals surface area contributed by atoms with Crippen molar-refractivity contribution in [2.75, 3.05) is 0 Å². The average Bonchev–Trinajstić information content (AvgIpc) is 2.74. The molecule has 2 aliphatic heterocycles. The maximum atomic E-state index is 12.5. The lowest BCUT2D eigenvalue weighted by molar-refractivity contribution is 0.0166. The van der Waals surface area contributed by atoms with Crippen molar-refractivity contribution >= 4 is 6.09 Å².